The maximum absolute atomic E-state index is 13.2. The van der Waals surface area contributed by atoms with Crippen LogP contribution in [0.25, 0.3) is 0 Å². The first-order valence-corrected chi connectivity index (χ1v) is 26.4. The molecule has 0 aromatic carbocycles. The lowest BCUT2D eigenvalue weighted by molar-refractivity contribution is -0.151. The number of hydrogen-bond acceptors (Lipinski definition) is 5. The Bertz CT molecular complexity index is 1050. The van der Waals surface area contributed by atoms with Crippen molar-refractivity contribution in [1.82, 2.24) is 5.32 Å². The highest BCUT2D eigenvalue weighted by Crippen LogP contribution is 2.18. The number of rotatable bonds is 47. The zero-order chi connectivity index (χ0) is 44.5. The second kappa shape index (κ2) is 48.8. The van der Waals surface area contributed by atoms with Gasteiger partial charge in [-0.05, 0) is 51.4 Å². The standard InChI is InChI=1S/C55H101NO5/c1-4-7-10-13-16-19-22-25-26-27-30-31-34-37-40-43-46-51(61-55(60)48-45-42-39-36-33-29-24-21-18-15-12-9-6-3)49-54(59)56-52(50-57)53(58)47-44-41-38-35-32-28-23-20-17-14-11-8-5-2/h16,19,22,25-27,30-31,51-53,57-58H,4-15,17-18,20-21,23-24,28-29,32-50H2,1-3H3,(H,56,59)/b19-16+,25-22+,27-26+,31-30+. The summed E-state index contributed by atoms with van der Waals surface area (Å²) in [4.78, 5) is 26.1. The van der Waals surface area contributed by atoms with Crippen LogP contribution in [0.5, 0.6) is 0 Å². The molecule has 6 nitrogen and oxygen atoms in total. The van der Waals surface area contributed by atoms with E-state index in [0.717, 1.165) is 70.6 Å². The summed E-state index contributed by atoms with van der Waals surface area (Å²) >= 11 is 0. The minimum absolute atomic E-state index is 0.0540. The van der Waals surface area contributed by atoms with E-state index in [9.17, 15) is 19.8 Å². The first kappa shape index (κ1) is 58.8. The normalized spacial score (nSPS) is 13.6. The number of amides is 1. The van der Waals surface area contributed by atoms with Crippen LogP contribution >= 0.6 is 0 Å². The van der Waals surface area contributed by atoms with Gasteiger partial charge in [0, 0.05) is 6.42 Å². The monoisotopic (exact) mass is 856 g/mol. The predicted octanol–water partition coefficient (Wildman–Crippen LogP) is 15.8. The van der Waals surface area contributed by atoms with E-state index in [1.807, 2.05) is 0 Å². The average Bonchev–Trinajstić information content (AvgIpc) is 3.25. The second-order valence-corrected chi connectivity index (χ2v) is 18.0. The van der Waals surface area contributed by atoms with Gasteiger partial charge in [-0.25, -0.2) is 0 Å². The smallest absolute Gasteiger partial charge is 0.306 e. The number of ether oxygens (including phenoxy) is 1. The van der Waals surface area contributed by atoms with Gasteiger partial charge in [-0.3, -0.25) is 9.59 Å². The average molecular weight is 856 g/mol. The number of esters is 1. The van der Waals surface area contributed by atoms with Crippen LogP contribution in [0.2, 0.25) is 0 Å². The maximum Gasteiger partial charge on any atom is 0.306 e. The molecule has 61 heavy (non-hydrogen) atoms. The van der Waals surface area contributed by atoms with Crippen LogP contribution in [-0.4, -0.2) is 46.9 Å². The SMILES string of the molecule is CCCCC/C=C/C=C/C=C/C=C/CCCCCC(CC(=O)NC(CO)C(O)CCCCCCCCCCCCCCC)OC(=O)CCCCCCCCCCCCCCC. The molecule has 6 heteroatoms. The van der Waals surface area contributed by atoms with Gasteiger partial charge >= 0.3 is 5.97 Å². The topological polar surface area (TPSA) is 95.9 Å². The van der Waals surface area contributed by atoms with Crippen LogP contribution < -0.4 is 5.32 Å². The van der Waals surface area contributed by atoms with E-state index in [-0.39, 0.29) is 24.9 Å². The van der Waals surface area contributed by atoms with E-state index in [1.54, 1.807) is 0 Å². The van der Waals surface area contributed by atoms with Crippen LogP contribution in [0.15, 0.2) is 48.6 Å². The Labute approximate surface area is 378 Å². The summed E-state index contributed by atoms with van der Waals surface area (Å²) in [6.07, 6.45) is 58.8. The molecule has 0 aliphatic heterocycles. The molecule has 0 heterocycles. The number of aliphatic hydroxyl groups is 2. The molecule has 0 aliphatic carbocycles. The number of hydrogen-bond donors (Lipinski definition) is 3. The Morgan fingerprint density at radius 1 is 0.475 bits per heavy atom. The zero-order valence-corrected chi connectivity index (χ0v) is 40.5. The Morgan fingerprint density at radius 2 is 0.836 bits per heavy atom. The van der Waals surface area contributed by atoms with Gasteiger partial charge in [0.05, 0.1) is 25.2 Å². The number of allylic oxidation sites excluding steroid dienone is 8. The van der Waals surface area contributed by atoms with E-state index in [1.165, 1.54) is 148 Å². The van der Waals surface area contributed by atoms with E-state index < -0.39 is 18.2 Å². The summed E-state index contributed by atoms with van der Waals surface area (Å²) in [7, 11) is 0. The molecule has 0 saturated carbocycles. The molecule has 3 N–H and O–H groups in total. The fourth-order valence-corrected chi connectivity index (χ4v) is 7.97. The van der Waals surface area contributed by atoms with Crippen molar-refractivity contribution in [3.05, 3.63) is 48.6 Å². The first-order valence-electron chi connectivity index (χ1n) is 26.4. The number of unbranched alkanes of at least 4 members (excludes halogenated alkanes) is 30. The molecule has 0 aromatic heterocycles. The molecular weight excluding hydrogens is 755 g/mol. The minimum Gasteiger partial charge on any atom is -0.462 e. The fraction of sp³-hybridized carbons (Fsp3) is 0.818. The molecule has 0 radical (unpaired) electrons. The summed E-state index contributed by atoms with van der Waals surface area (Å²) in [5.41, 5.74) is 0. The largest absolute Gasteiger partial charge is 0.462 e. The quantitative estimate of drug-likeness (QED) is 0.0322. The Hall–Kier alpha value is -2.18. The number of carbonyl (C=O) groups is 2. The molecule has 0 aromatic rings. The summed E-state index contributed by atoms with van der Waals surface area (Å²) in [5.74, 6) is -0.504. The van der Waals surface area contributed by atoms with Crippen molar-refractivity contribution in [2.24, 2.45) is 0 Å². The van der Waals surface area contributed by atoms with Crippen molar-refractivity contribution in [1.29, 1.82) is 0 Å². The Balaban J connectivity index is 4.66. The lowest BCUT2D eigenvalue weighted by Gasteiger charge is -2.24. The molecule has 0 spiro atoms. The number of aliphatic hydroxyl groups excluding tert-OH is 2. The maximum atomic E-state index is 13.2. The van der Waals surface area contributed by atoms with E-state index in [0.29, 0.717) is 19.3 Å². The van der Waals surface area contributed by atoms with Crippen molar-refractivity contribution in [3.63, 3.8) is 0 Å². The third kappa shape index (κ3) is 44.2. The van der Waals surface area contributed by atoms with Crippen molar-refractivity contribution in [3.8, 4) is 0 Å². The van der Waals surface area contributed by atoms with Crippen molar-refractivity contribution in [2.75, 3.05) is 6.61 Å². The van der Waals surface area contributed by atoms with E-state index >= 15 is 0 Å². The lowest BCUT2D eigenvalue weighted by Crippen LogP contribution is -2.46. The van der Waals surface area contributed by atoms with Crippen LogP contribution in [0.3, 0.4) is 0 Å². The molecule has 0 fully saturated rings. The molecular formula is C55H101NO5. The van der Waals surface area contributed by atoms with Gasteiger partial charge in [-0.15, -0.1) is 0 Å². The predicted molar refractivity (Wildman–Crippen MR) is 264 cm³/mol. The summed E-state index contributed by atoms with van der Waals surface area (Å²) < 4.78 is 5.92. The fourth-order valence-electron chi connectivity index (χ4n) is 7.97. The molecule has 0 bridgehead atoms. The van der Waals surface area contributed by atoms with Crippen molar-refractivity contribution >= 4 is 11.9 Å². The molecule has 0 saturated heterocycles. The summed E-state index contributed by atoms with van der Waals surface area (Å²) in [6.45, 7) is 6.44. The number of nitrogens with one attached hydrogen (secondary N) is 1. The van der Waals surface area contributed by atoms with Gasteiger partial charge in [0.15, 0.2) is 0 Å². The van der Waals surface area contributed by atoms with Gasteiger partial charge in [0.25, 0.3) is 0 Å². The molecule has 0 aliphatic rings. The van der Waals surface area contributed by atoms with Crippen LogP contribution in [-0.2, 0) is 14.3 Å². The molecule has 356 valence electrons. The molecule has 1 amide bonds. The molecule has 3 atom stereocenters. The van der Waals surface area contributed by atoms with E-state index in [2.05, 4.69) is 74.7 Å². The third-order valence-corrected chi connectivity index (χ3v) is 12.0. The van der Waals surface area contributed by atoms with Crippen molar-refractivity contribution in [2.45, 2.75) is 283 Å². The Morgan fingerprint density at radius 3 is 1.30 bits per heavy atom. The zero-order valence-electron chi connectivity index (χ0n) is 40.5. The lowest BCUT2D eigenvalue weighted by atomic mass is 10.0. The third-order valence-electron chi connectivity index (χ3n) is 12.0. The summed E-state index contributed by atoms with van der Waals surface area (Å²) in [5, 5.41) is 23.8. The highest BCUT2D eigenvalue weighted by atomic mass is 16.5. The van der Waals surface area contributed by atoms with E-state index in [4.69, 9.17) is 4.74 Å². The van der Waals surface area contributed by atoms with Crippen LogP contribution in [0, 0.1) is 0 Å². The number of carbonyl (C=O) groups excluding carboxylic acids is 2. The molecule has 0 rings (SSSR count). The first-order chi connectivity index (χ1) is 30.0. The van der Waals surface area contributed by atoms with Crippen molar-refractivity contribution < 1.29 is 24.5 Å². The van der Waals surface area contributed by atoms with Gasteiger partial charge in [0.1, 0.15) is 6.10 Å². The van der Waals surface area contributed by atoms with Gasteiger partial charge < -0.3 is 20.3 Å². The minimum atomic E-state index is -0.797. The van der Waals surface area contributed by atoms with Crippen LogP contribution in [0.1, 0.15) is 265 Å². The Kier molecular flexibility index (Phi) is 47.1. The second-order valence-electron chi connectivity index (χ2n) is 18.0. The van der Waals surface area contributed by atoms with Crippen LogP contribution in [0.4, 0.5) is 0 Å². The summed E-state index contributed by atoms with van der Waals surface area (Å²) in [6, 6.07) is -0.713. The molecule has 3 unspecified atom stereocenters. The van der Waals surface area contributed by atoms with Gasteiger partial charge in [-0.2, -0.15) is 0 Å². The van der Waals surface area contributed by atoms with Gasteiger partial charge in [0.2, 0.25) is 5.91 Å². The van der Waals surface area contributed by atoms with Gasteiger partial charge in [-0.1, -0.05) is 249 Å². The highest BCUT2D eigenvalue weighted by molar-refractivity contribution is 5.77. The highest BCUT2D eigenvalue weighted by Gasteiger charge is 2.24.